The molecule has 60 heavy (non-hydrogen) atoms. The Hall–Kier alpha value is -8.15. The lowest BCUT2D eigenvalue weighted by Crippen LogP contribution is -1.96. The van der Waals surface area contributed by atoms with Crippen molar-refractivity contribution in [2.75, 3.05) is 0 Å². The minimum Gasteiger partial charge on any atom is -0.254 e. The number of pyridine rings is 3. The predicted octanol–water partition coefficient (Wildman–Crippen LogP) is 13.7. The smallest absolute Gasteiger partial charge is 0.160 e. The number of aromatic nitrogens is 5. The number of rotatable bonds is 9. The van der Waals surface area contributed by atoms with Crippen LogP contribution in [-0.2, 0) is 0 Å². The minimum absolute atomic E-state index is 0.695. The maximum absolute atomic E-state index is 5.14. The average molecular weight is 768 g/mol. The summed E-state index contributed by atoms with van der Waals surface area (Å²) in [6.07, 6.45) is 3.84. The summed E-state index contributed by atoms with van der Waals surface area (Å²) in [5.74, 6) is 0.695. The Balaban J connectivity index is 0.967. The summed E-state index contributed by atoms with van der Waals surface area (Å²) < 4.78 is 0. The Labute approximate surface area is 349 Å². The van der Waals surface area contributed by atoms with Crippen molar-refractivity contribution >= 4 is 0 Å². The lowest BCUT2D eigenvalue weighted by Gasteiger charge is -2.12. The fraction of sp³-hybridized carbons (Fsp3) is 0. The van der Waals surface area contributed by atoms with Gasteiger partial charge in [-0.3, -0.25) is 9.97 Å². The molecule has 6 aromatic carbocycles. The van der Waals surface area contributed by atoms with Gasteiger partial charge in [0.05, 0.1) is 34.2 Å². The van der Waals surface area contributed by atoms with Crippen LogP contribution in [-0.4, -0.2) is 24.9 Å². The van der Waals surface area contributed by atoms with Gasteiger partial charge < -0.3 is 0 Å². The van der Waals surface area contributed by atoms with E-state index in [4.69, 9.17) is 24.9 Å². The second kappa shape index (κ2) is 16.4. The van der Waals surface area contributed by atoms with Crippen LogP contribution in [0.1, 0.15) is 0 Å². The van der Waals surface area contributed by atoms with Crippen molar-refractivity contribution in [2.45, 2.75) is 0 Å². The number of nitrogens with zero attached hydrogens (tertiary/aromatic N) is 5. The van der Waals surface area contributed by atoms with E-state index in [-0.39, 0.29) is 0 Å². The van der Waals surface area contributed by atoms with Gasteiger partial charge in [0.1, 0.15) is 0 Å². The van der Waals surface area contributed by atoms with Crippen molar-refractivity contribution in [3.05, 3.63) is 225 Å². The van der Waals surface area contributed by atoms with Crippen molar-refractivity contribution in [3.8, 4) is 101 Å². The molecule has 0 atom stereocenters. The Morgan fingerprint density at radius 2 is 0.533 bits per heavy atom. The summed E-state index contributed by atoms with van der Waals surface area (Å²) in [6, 6.07) is 72.9. The molecule has 10 aromatic rings. The van der Waals surface area contributed by atoms with E-state index in [1.807, 2.05) is 97.3 Å². The number of benzene rings is 6. The highest BCUT2D eigenvalue weighted by Gasteiger charge is 2.14. The molecule has 4 aromatic heterocycles. The molecule has 5 nitrogen and oxygen atoms in total. The topological polar surface area (TPSA) is 64.5 Å². The van der Waals surface area contributed by atoms with E-state index >= 15 is 0 Å². The van der Waals surface area contributed by atoms with Crippen LogP contribution < -0.4 is 0 Å². The van der Waals surface area contributed by atoms with E-state index in [9.17, 15) is 0 Å². The van der Waals surface area contributed by atoms with Crippen molar-refractivity contribution < 1.29 is 0 Å². The van der Waals surface area contributed by atoms with Gasteiger partial charge in [-0.1, -0.05) is 182 Å². The molecule has 0 bridgehead atoms. The SMILES string of the molecule is c1ccc(-c2ccc(-c3cc(-c4ccc(-c5ccccc5)cn4)nc(-c4ccc(-c5ccc(-c6cc(-c7ccccc7)nc(-c7ccccc7)n6)cc5)cn4)c3)cc2)cc1. The Kier molecular flexibility index (Phi) is 9.88. The highest BCUT2D eigenvalue weighted by molar-refractivity contribution is 5.79. The lowest BCUT2D eigenvalue weighted by atomic mass is 9.98. The molecule has 0 N–H and O–H groups in total. The van der Waals surface area contributed by atoms with Gasteiger partial charge in [-0.25, -0.2) is 15.0 Å². The monoisotopic (exact) mass is 767 g/mol. The van der Waals surface area contributed by atoms with Crippen LogP contribution in [0.4, 0.5) is 0 Å². The minimum atomic E-state index is 0.695. The molecule has 0 fully saturated rings. The normalized spacial score (nSPS) is 11.0. The zero-order valence-electron chi connectivity index (χ0n) is 32.6. The molecule has 0 saturated carbocycles. The van der Waals surface area contributed by atoms with Gasteiger partial charge in [0, 0.05) is 40.2 Å². The largest absolute Gasteiger partial charge is 0.254 e. The molecule has 282 valence electrons. The van der Waals surface area contributed by atoms with E-state index in [1.165, 1.54) is 11.1 Å². The van der Waals surface area contributed by atoms with Crippen molar-refractivity contribution in [3.63, 3.8) is 0 Å². The van der Waals surface area contributed by atoms with Gasteiger partial charge in [0.25, 0.3) is 0 Å². The van der Waals surface area contributed by atoms with Crippen LogP contribution in [0.5, 0.6) is 0 Å². The highest BCUT2D eigenvalue weighted by atomic mass is 14.9. The molecule has 0 saturated heterocycles. The predicted molar refractivity (Wildman–Crippen MR) is 244 cm³/mol. The Bertz CT molecular complexity index is 2850. The maximum atomic E-state index is 5.14. The van der Waals surface area contributed by atoms with Crippen molar-refractivity contribution in [1.82, 2.24) is 24.9 Å². The third kappa shape index (κ3) is 7.76. The zero-order chi connectivity index (χ0) is 40.1. The highest BCUT2D eigenvalue weighted by Crippen LogP contribution is 2.33. The molecule has 0 aliphatic rings. The van der Waals surface area contributed by atoms with E-state index < -0.39 is 0 Å². The molecule has 0 radical (unpaired) electrons. The van der Waals surface area contributed by atoms with Gasteiger partial charge in [-0.15, -0.1) is 0 Å². The van der Waals surface area contributed by atoms with Crippen LogP contribution in [0.2, 0.25) is 0 Å². The standard InChI is InChI=1S/C55H37N5/c1-5-13-38(14-6-1)40-21-23-42(24-22-40)48-33-53(49-31-29-46(36-56-49)39-15-7-2-8-16-39)58-54(34-48)50-32-30-47(37-57-50)41-25-27-44(28-26-41)52-35-51(43-17-9-3-10-18-43)59-55(60-52)45-19-11-4-12-20-45/h1-37H. The van der Waals surface area contributed by atoms with E-state index in [2.05, 4.69) is 127 Å². The van der Waals surface area contributed by atoms with E-state index in [1.54, 1.807) is 0 Å². The summed E-state index contributed by atoms with van der Waals surface area (Å²) in [4.78, 5) is 24.9. The van der Waals surface area contributed by atoms with Crippen LogP contribution >= 0.6 is 0 Å². The third-order valence-electron chi connectivity index (χ3n) is 10.7. The van der Waals surface area contributed by atoms with Crippen LogP contribution in [0.25, 0.3) is 101 Å². The molecule has 0 aliphatic heterocycles. The van der Waals surface area contributed by atoms with E-state index in [0.717, 1.165) is 84.2 Å². The summed E-state index contributed by atoms with van der Waals surface area (Å²) in [5, 5.41) is 0. The molecule has 0 amide bonds. The first-order valence-corrected chi connectivity index (χ1v) is 20.0. The van der Waals surface area contributed by atoms with Crippen LogP contribution in [0.15, 0.2) is 225 Å². The second-order valence-electron chi connectivity index (χ2n) is 14.6. The Morgan fingerprint density at radius 1 is 0.200 bits per heavy atom. The molecular formula is C55H37N5. The number of hydrogen-bond donors (Lipinski definition) is 0. The molecular weight excluding hydrogens is 731 g/mol. The molecule has 10 rings (SSSR count). The Morgan fingerprint density at radius 3 is 0.983 bits per heavy atom. The van der Waals surface area contributed by atoms with Gasteiger partial charge in [-0.05, 0) is 63.7 Å². The molecule has 0 spiro atoms. The summed E-state index contributed by atoms with van der Waals surface area (Å²) >= 11 is 0. The average Bonchev–Trinajstić information content (AvgIpc) is 3.35. The van der Waals surface area contributed by atoms with Crippen molar-refractivity contribution in [1.29, 1.82) is 0 Å². The first-order chi connectivity index (χ1) is 29.7. The first-order valence-electron chi connectivity index (χ1n) is 20.0. The fourth-order valence-corrected chi connectivity index (χ4v) is 7.41. The maximum Gasteiger partial charge on any atom is 0.160 e. The summed E-state index contributed by atoms with van der Waals surface area (Å²) in [6.45, 7) is 0. The van der Waals surface area contributed by atoms with Gasteiger partial charge in [0.15, 0.2) is 5.82 Å². The van der Waals surface area contributed by atoms with Crippen LogP contribution in [0, 0.1) is 0 Å². The van der Waals surface area contributed by atoms with Crippen molar-refractivity contribution in [2.24, 2.45) is 0 Å². The van der Waals surface area contributed by atoms with Gasteiger partial charge in [-0.2, -0.15) is 0 Å². The van der Waals surface area contributed by atoms with Crippen LogP contribution in [0.3, 0.4) is 0 Å². The molecule has 4 heterocycles. The lowest BCUT2D eigenvalue weighted by molar-refractivity contribution is 1.18. The quantitative estimate of drug-likeness (QED) is 0.146. The fourth-order valence-electron chi connectivity index (χ4n) is 7.41. The summed E-state index contributed by atoms with van der Waals surface area (Å²) in [5.41, 5.74) is 16.7. The second-order valence-corrected chi connectivity index (χ2v) is 14.6. The van der Waals surface area contributed by atoms with Gasteiger partial charge >= 0.3 is 0 Å². The van der Waals surface area contributed by atoms with E-state index in [0.29, 0.717) is 5.82 Å². The zero-order valence-corrected chi connectivity index (χ0v) is 32.6. The summed E-state index contributed by atoms with van der Waals surface area (Å²) in [7, 11) is 0. The molecule has 0 unspecified atom stereocenters. The van der Waals surface area contributed by atoms with Gasteiger partial charge in [0.2, 0.25) is 0 Å². The molecule has 5 heteroatoms. The number of hydrogen-bond acceptors (Lipinski definition) is 5. The first kappa shape index (κ1) is 36.2. The molecule has 0 aliphatic carbocycles. The third-order valence-corrected chi connectivity index (χ3v) is 10.7.